The highest BCUT2D eigenvalue weighted by atomic mass is 32.1. The van der Waals surface area contributed by atoms with Crippen molar-refractivity contribution in [1.82, 2.24) is 4.90 Å². The van der Waals surface area contributed by atoms with E-state index in [9.17, 15) is 14.4 Å². The first-order valence-electron chi connectivity index (χ1n) is 9.33. The van der Waals surface area contributed by atoms with Gasteiger partial charge in [0, 0.05) is 25.4 Å². The van der Waals surface area contributed by atoms with Crippen LogP contribution in [0.3, 0.4) is 0 Å². The molecule has 7 heteroatoms. The van der Waals surface area contributed by atoms with E-state index in [2.05, 4.69) is 5.32 Å². The highest BCUT2D eigenvalue weighted by Crippen LogP contribution is 2.38. The lowest BCUT2D eigenvalue weighted by molar-refractivity contribution is -0.133. The second-order valence-electron chi connectivity index (χ2n) is 6.91. The molecule has 0 radical (unpaired) electrons. The predicted octanol–water partition coefficient (Wildman–Crippen LogP) is 3.40. The van der Waals surface area contributed by atoms with E-state index in [1.54, 1.807) is 7.05 Å². The second-order valence-corrected chi connectivity index (χ2v) is 8.01. The molecule has 0 fully saturated rings. The zero-order chi connectivity index (χ0) is 20.1. The molecule has 0 saturated carbocycles. The van der Waals surface area contributed by atoms with E-state index >= 15 is 0 Å². The van der Waals surface area contributed by atoms with Gasteiger partial charge in [0.1, 0.15) is 5.00 Å². The number of aryl methyl sites for hydroxylation is 1. The van der Waals surface area contributed by atoms with E-state index in [1.165, 1.54) is 23.2 Å². The van der Waals surface area contributed by atoms with Crippen molar-refractivity contribution in [2.75, 3.05) is 19.0 Å². The first kappa shape index (κ1) is 20.1. The van der Waals surface area contributed by atoms with Crippen molar-refractivity contribution in [3.8, 4) is 0 Å². The molecule has 1 heterocycles. The van der Waals surface area contributed by atoms with Gasteiger partial charge >= 0.3 is 5.97 Å². The van der Waals surface area contributed by atoms with Gasteiger partial charge in [0.25, 0.3) is 5.91 Å². The second kappa shape index (κ2) is 9.01. The third kappa shape index (κ3) is 4.78. The van der Waals surface area contributed by atoms with Gasteiger partial charge < -0.3 is 15.0 Å². The molecule has 0 unspecified atom stereocenters. The molecule has 0 bridgehead atoms. The predicted molar refractivity (Wildman–Crippen MR) is 108 cm³/mol. The molecule has 1 aromatic heterocycles. The molecule has 3 rings (SSSR count). The third-order valence-corrected chi connectivity index (χ3v) is 5.89. The summed E-state index contributed by atoms with van der Waals surface area (Å²) < 4.78 is 5.32. The summed E-state index contributed by atoms with van der Waals surface area (Å²) in [6.07, 6.45) is 3.77. The maximum Gasteiger partial charge on any atom is 0.341 e. The Bertz CT molecular complexity index is 876. The molecule has 0 spiro atoms. The van der Waals surface area contributed by atoms with Gasteiger partial charge in [0.2, 0.25) is 5.91 Å². The number of nitrogens with one attached hydrogen (secondary N) is 1. The van der Waals surface area contributed by atoms with E-state index in [4.69, 9.17) is 4.74 Å². The van der Waals surface area contributed by atoms with Crippen LogP contribution in [0.25, 0.3) is 0 Å². The fourth-order valence-corrected chi connectivity index (χ4v) is 4.61. The quantitative estimate of drug-likeness (QED) is 0.754. The van der Waals surface area contributed by atoms with E-state index in [0.717, 1.165) is 41.7 Å². The number of carbonyl (C=O) groups is 3. The highest BCUT2D eigenvalue weighted by molar-refractivity contribution is 7.17. The van der Waals surface area contributed by atoms with E-state index < -0.39 is 5.97 Å². The van der Waals surface area contributed by atoms with Crippen molar-refractivity contribution < 1.29 is 19.1 Å². The smallest absolute Gasteiger partial charge is 0.341 e. The topological polar surface area (TPSA) is 75.7 Å². The van der Waals surface area contributed by atoms with Gasteiger partial charge in [-0.2, -0.15) is 0 Å². The lowest BCUT2D eigenvalue weighted by Crippen LogP contribution is -2.31. The fraction of sp³-hybridized carbons (Fsp3) is 0.381. The van der Waals surface area contributed by atoms with Gasteiger partial charge in [-0.25, -0.2) is 4.79 Å². The number of hydrogen-bond acceptors (Lipinski definition) is 5. The molecular weight excluding hydrogens is 376 g/mol. The standard InChI is InChI=1S/C21H24N2O4S/c1-14(24)22-20-19(16-10-6-7-11-17(16)28-20)21(26)27-13-18(25)23(2)12-15-8-4-3-5-9-15/h3-5,8-9H,6-7,10-13H2,1-2H3,(H,22,24). The van der Waals surface area contributed by atoms with Crippen LogP contribution in [0, 0.1) is 0 Å². The summed E-state index contributed by atoms with van der Waals surface area (Å²) in [5.41, 5.74) is 2.37. The number of benzene rings is 1. The largest absolute Gasteiger partial charge is 0.452 e. The molecule has 28 heavy (non-hydrogen) atoms. The minimum atomic E-state index is -0.551. The average Bonchev–Trinajstić information content (AvgIpc) is 3.03. The summed E-state index contributed by atoms with van der Waals surface area (Å²) in [7, 11) is 1.68. The van der Waals surface area contributed by atoms with Crippen molar-refractivity contribution in [2.45, 2.75) is 39.2 Å². The van der Waals surface area contributed by atoms with Crippen molar-refractivity contribution in [3.63, 3.8) is 0 Å². The van der Waals surface area contributed by atoms with Crippen LogP contribution >= 0.6 is 11.3 Å². The molecule has 2 aromatic rings. The summed E-state index contributed by atoms with van der Waals surface area (Å²) in [6, 6.07) is 9.62. The summed E-state index contributed by atoms with van der Waals surface area (Å²) in [5, 5.41) is 3.26. The summed E-state index contributed by atoms with van der Waals surface area (Å²) in [6.45, 7) is 1.53. The Kier molecular flexibility index (Phi) is 6.46. The molecular formula is C21H24N2O4S. The summed E-state index contributed by atoms with van der Waals surface area (Å²) in [5.74, 6) is -1.06. The molecule has 0 aliphatic heterocycles. The summed E-state index contributed by atoms with van der Waals surface area (Å²) in [4.78, 5) is 39.2. The monoisotopic (exact) mass is 400 g/mol. The normalized spacial score (nSPS) is 12.8. The number of rotatable bonds is 6. The van der Waals surface area contributed by atoms with Crippen LogP contribution in [0.2, 0.25) is 0 Å². The van der Waals surface area contributed by atoms with Crippen molar-refractivity contribution in [2.24, 2.45) is 0 Å². The maximum absolute atomic E-state index is 12.7. The minimum Gasteiger partial charge on any atom is -0.452 e. The number of carbonyl (C=O) groups excluding carboxylic acids is 3. The number of nitrogens with zero attached hydrogens (tertiary/aromatic N) is 1. The molecule has 1 aromatic carbocycles. The Balaban J connectivity index is 1.66. The number of esters is 1. The lowest BCUT2D eigenvalue weighted by Gasteiger charge is -2.17. The summed E-state index contributed by atoms with van der Waals surface area (Å²) >= 11 is 1.43. The number of thiophene rings is 1. The Morgan fingerprint density at radius 2 is 1.86 bits per heavy atom. The van der Waals surface area contributed by atoms with Crippen LogP contribution in [0.15, 0.2) is 30.3 Å². The number of ether oxygens (including phenoxy) is 1. The van der Waals surface area contributed by atoms with Crippen molar-refractivity contribution in [3.05, 3.63) is 51.9 Å². The van der Waals surface area contributed by atoms with Crippen molar-refractivity contribution in [1.29, 1.82) is 0 Å². The average molecular weight is 401 g/mol. The van der Waals surface area contributed by atoms with E-state index in [-0.39, 0.29) is 18.4 Å². The molecule has 1 N–H and O–H groups in total. The molecule has 148 valence electrons. The van der Waals surface area contributed by atoms with Crippen LogP contribution in [0.4, 0.5) is 5.00 Å². The number of likely N-dealkylation sites (N-methyl/N-ethyl adjacent to an activating group) is 1. The highest BCUT2D eigenvalue weighted by Gasteiger charge is 2.27. The number of fused-ring (bicyclic) bond motifs is 1. The number of hydrogen-bond donors (Lipinski definition) is 1. The number of anilines is 1. The van der Waals surface area contributed by atoms with Gasteiger partial charge in [-0.15, -0.1) is 11.3 Å². The van der Waals surface area contributed by atoms with Crippen LogP contribution in [0.1, 0.15) is 46.1 Å². The number of amides is 2. The Morgan fingerprint density at radius 1 is 1.14 bits per heavy atom. The first-order chi connectivity index (χ1) is 13.5. The fourth-order valence-electron chi connectivity index (χ4n) is 3.28. The van der Waals surface area contributed by atoms with Gasteiger partial charge in [-0.05, 0) is 36.8 Å². The SMILES string of the molecule is CC(=O)Nc1sc2c(c1C(=O)OCC(=O)N(C)Cc1ccccc1)CCCC2. The zero-order valence-electron chi connectivity index (χ0n) is 16.1. The maximum atomic E-state index is 12.7. The Labute approximate surface area is 168 Å². The van der Waals surface area contributed by atoms with Crippen LogP contribution in [0.5, 0.6) is 0 Å². The minimum absolute atomic E-state index is 0.230. The zero-order valence-corrected chi connectivity index (χ0v) is 16.9. The van der Waals surface area contributed by atoms with Crippen LogP contribution in [-0.4, -0.2) is 36.3 Å². The van der Waals surface area contributed by atoms with Gasteiger partial charge in [0.05, 0.1) is 5.56 Å². The van der Waals surface area contributed by atoms with Gasteiger partial charge in [0.15, 0.2) is 6.61 Å². The molecule has 0 atom stereocenters. The Hall–Kier alpha value is -2.67. The van der Waals surface area contributed by atoms with Crippen molar-refractivity contribution >= 4 is 34.1 Å². The van der Waals surface area contributed by atoms with Gasteiger partial charge in [-0.1, -0.05) is 30.3 Å². The first-order valence-corrected chi connectivity index (χ1v) is 10.1. The molecule has 1 aliphatic carbocycles. The van der Waals surface area contributed by atoms with Crippen LogP contribution < -0.4 is 5.32 Å². The molecule has 1 aliphatic rings. The Morgan fingerprint density at radius 3 is 2.57 bits per heavy atom. The molecule has 0 saturated heterocycles. The lowest BCUT2D eigenvalue weighted by atomic mass is 9.95. The molecule has 2 amide bonds. The van der Waals surface area contributed by atoms with E-state index in [0.29, 0.717) is 17.1 Å². The molecule has 6 nitrogen and oxygen atoms in total. The third-order valence-electron chi connectivity index (χ3n) is 4.68. The van der Waals surface area contributed by atoms with Gasteiger partial charge in [-0.3, -0.25) is 9.59 Å². The van der Waals surface area contributed by atoms with E-state index in [1.807, 2.05) is 30.3 Å². The van der Waals surface area contributed by atoms with Crippen LogP contribution in [-0.2, 0) is 33.7 Å².